The summed E-state index contributed by atoms with van der Waals surface area (Å²) < 4.78 is 0. The number of β-amino-alcohol motifs (C(OH)–C–C–N with tert-alkyl or cyclic N) is 1. The first-order valence-electron chi connectivity index (χ1n) is 6.38. The lowest BCUT2D eigenvalue weighted by molar-refractivity contribution is -0.135. The van der Waals surface area contributed by atoms with Gasteiger partial charge in [0.15, 0.2) is 0 Å². The lowest BCUT2D eigenvalue weighted by Gasteiger charge is -2.17. The number of benzene rings is 1. The molecule has 2 rings (SSSR count). The van der Waals surface area contributed by atoms with E-state index in [1.165, 1.54) is 0 Å². The van der Waals surface area contributed by atoms with Crippen LogP contribution in [0.5, 0.6) is 0 Å². The number of aliphatic hydroxyl groups is 1. The van der Waals surface area contributed by atoms with Crippen LogP contribution in [-0.4, -0.2) is 35.6 Å². The quantitative estimate of drug-likeness (QED) is 0.660. The highest BCUT2D eigenvalue weighted by atomic mass is 16.3. The number of aliphatic hydroxyl groups excluding tert-OH is 1. The molecule has 3 N–H and O–H groups in total. The third-order valence-corrected chi connectivity index (χ3v) is 3.21. The van der Waals surface area contributed by atoms with Crippen molar-refractivity contribution in [2.24, 2.45) is 5.92 Å². The van der Waals surface area contributed by atoms with E-state index in [1.54, 1.807) is 0 Å². The SMILES string of the molecule is CC(Cc1ccccc1)NC(=O)C1C(=O)NCC1O. The van der Waals surface area contributed by atoms with Gasteiger partial charge in [-0.1, -0.05) is 30.3 Å². The third kappa shape index (κ3) is 3.32. The molecule has 19 heavy (non-hydrogen) atoms. The third-order valence-electron chi connectivity index (χ3n) is 3.21. The number of hydrogen-bond acceptors (Lipinski definition) is 3. The van der Waals surface area contributed by atoms with E-state index in [-0.39, 0.29) is 12.6 Å². The van der Waals surface area contributed by atoms with Gasteiger partial charge in [0.2, 0.25) is 11.8 Å². The van der Waals surface area contributed by atoms with Gasteiger partial charge in [0, 0.05) is 12.6 Å². The van der Waals surface area contributed by atoms with E-state index in [0.29, 0.717) is 6.42 Å². The Bertz CT molecular complexity index is 461. The molecule has 2 amide bonds. The van der Waals surface area contributed by atoms with Crippen molar-refractivity contribution < 1.29 is 14.7 Å². The molecule has 0 aliphatic carbocycles. The number of nitrogens with one attached hydrogen (secondary N) is 2. The Morgan fingerprint density at radius 3 is 2.74 bits per heavy atom. The molecule has 0 bridgehead atoms. The summed E-state index contributed by atoms with van der Waals surface area (Å²) in [6, 6.07) is 9.71. The molecule has 1 aromatic carbocycles. The van der Waals surface area contributed by atoms with Gasteiger partial charge in [-0.25, -0.2) is 0 Å². The van der Waals surface area contributed by atoms with E-state index in [0.717, 1.165) is 5.56 Å². The molecular formula is C14H18N2O3. The lowest BCUT2D eigenvalue weighted by atomic mass is 10.0. The standard InChI is InChI=1S/C14H18N2O3/c1-9(7-10-5-3-2-4-6-10)16-14(19)12-11(17)8-15-13(12)18/h2-6,9,11-12,17H,7-8H2,1H3,(H,15,18)(H,16,19). The maximum absolute atomic E-state index is 11.9. The Labute approximate surface area is 112 Å². The molecule has 5 heteroatoms. The van der Waals surface area contributed by atoms with E-state index in [1.807, 2.05) is 37.3 Å². The summed E-state index contributed by atoms with van der Waals surface area (Å²) in [6.45, 7) is 2.02. The molecule has 1 aromatic rings. The fourth-order valence-electron chi connectivity index (χ4n) is 2.25. The Kier molecular flexibility index (Phi) is 4.16. The van der Waals surface area contributed by atoms with Gasteiger partial charge in [0.05, 0.1) is 6.10 Å². The summed E-state index contributed by atoms with van der Waals surface area (Å²) in [4.78, 5) is 23.4. The summed E-state index contributed by atoms with van der Waals surface area (Å²) >= 11 is 0. The van der Waals surface area contributed by atoms with Crippen molar-refractivity contribution in [3.05, 3.63) is 35.9 Å². The molecule has 1 heterocycles. The number of hydrogen-bond donors (Lipinski definition) is 3. The normalized spacial score (nSPS) is 23.8. The van der Waals surface area contributed by atoms with Gasteiger partial charge >= 0.3 is 0 Å². The van der Waals surface area contributed by atoms with Crippen LogP contribution in [0.15, 0.2) is 30.3 Å². The number of amides is 2. The van der Waals surface area contributed by atoms with E-state index < -0.39 is 23.8 Å². The first-order valence-corrected chi connectivity index (χ1v) is 6.38. The lowest BCUT2D eigenvalue weighted by Crippen LogP contribution is -2.43. The van der Waals surface area contributed by atoms with E-state index in [9.17, 15) is 14.7 Å². The Morgan fingerprint density at radius 1 is 1.47 bits per heavy atom. The smallest absolute Gasteiger partial charge is 0.235 e. The molecule has 0 spiro atoms. The van der Waals surface area contributed by atoms with Gasteiger partial charge in [0.1, 0.15) is 5.92 Å². The Hall–Kier alpha value is -1.88. The molecule has 1 aliphatic rings. The van der Waals surface area contributed by atoms with Crippen LogP contribution in [0.4, 0.5) is 0 Å². The summed E-state index contributed by atoms with van der Waals surface area (Å²) in [5.41, 5.74) is 1.12. The minimum absolute atomic E-state index is 0.0875. The molecule has 1 aliphatic heterocycles. The average molecular weight is 262 g/mol. The highest BCUT2D eigenvalue weighted by molar-refractivity contribution is 6.02. The van der Waals surface area contributed by atoms with Gasteiger partial charge in [-0.2, -0.15) is 0 Å². The fourth-order valence-corrected chi connectivity index (χ4v) is 2.25. The van der Waals surface area contributed by atoms with Crippen molar-refractivity contribution in [1.29, 1.82) is 0 Å². The molecule has 1 fully saturated rings. The predicted molar refractivity (Wildman–Crippen MR) is 70.3 cm³/mol. The van der Waals surface area contributed by atoms with Crippen LogP contribution in [-0.2, 0) is 16.0 Å². The molecule has 5 nitrogen and oxygen atoms in total. The molecule has 0 aromatic heterocycles. The van der Waals surface area contributed by atoms with E-state index in [2.05, 4.69) is 10.6 Å². The molecular weight excluding hydrogens is 244 g/mol. The first-order chi connectivity index (χ1) is 9.08. The van der Waals surface area contributed by atoms with Gasteiger partial charge in [0.25, 0.3) is 0 Å². The summed E-state index contributed by atoms with van der Waals surface area (Å²) in [7, 11) is 0. The van der Waals surface area contributed by atoms with Gasteiger partial charge < -0.3 is 15.7 Å². The predicted octanol–water partition coefficient (Wildman–Crippen LogP) is -0.159. The van der Waals surface area contributed by atoms with Crippen LogP contribution >= 0.6 is 0 Å². The molecule has 1 saturated heterocycles. The second-order valence-electron chi connectivity index (χ2n) is 4.89. The van der Waals surface area contributed by atoms with Crippen molar-refractivity contribution in [2.75, 3.05) is 6.54 Å². The molecule has 0 saturated carbocycles. The molecule has 3 atom stereocenters. The van der Waals surface area contributed by atoms with Crippen molar-refractivity contribution in [3.63, 3.8) is 0 Å². The second kappa shape index (κ2) is 5.84. The van der Waals surface area contributed by atoms with Gasteiger partial charge in [-0.05, 0) is 18.9 Å². The average Bonchev–Trinajstić information content (AvgIpc) is 2.70. The number of rotatable bonds is 4. The van der Waals surface area contributed by atoms with Crippen LogP contribution in [0.3, 0.4) is 0 Å². The molecule has 3 unspecified atom stereocenters. The maximum Gasteiger partial charge on any atom is 0.235 e. The molecule has 102 valence electrons. The summed E-state index contributed by atoms with van der Waals surface area (Å²) in [5.74, 6) is -1.80. The minimum atomic E-state index is -0.988. The second-order valence-corrected chi connectivity index (χ2v) is 4.89. The zero-order valence-corrected chi connectivity index (χ0v) is 10.8. The zero-order chi connectivity index (χ0) is 13.8. The topological polar surface area (TPSA) is 78.4 Å². The van der Waals surface area contributed by atoms with Crippen LogP contribution in [0.2, 0.25) is 0 Å². The summed E-state index contributed by atoms with van der Waals surface area (Å²) in [6.07, 6.45) is -0.242. The van der Waals surface area contributed by atoms with Crippen LogP contribution < -0.4 is 10.6 Å². The van der Waals surface area contributed by atoms with Crippen molar-refractivity contribution in [3.8, 4) is 0 Å². The first kappa shape index (κ1) is 13.5. The van der Waals surface area contributed by atoms with Gasteiger partial charge in [-0.3, -0.25) is 9.59 Å². The van der Waals surface area contributed by atoms with Crippen LogP contribution in [0, 0.1) is 5.92 Å². The van der Waals surface area contributed by atoms with Crippen LogP contribution in [0.1, 0.15) is 12.5 Å². The summed E-state index contributed by atoms with van der Waals surface area (Å²) in [5, 5.41) is 14.8. The minimum Gasteiger partial charge on any atom is -0.390 e. The Morgan fingerprint density at radius 2 is 2.16 bits per heavy atom. The zero-order valence-electron chi connectivity index (χ0n) is 10.8. The number of carbonyl (C=O) groups excluding carboxylic acids is 2. The van der Waals surface area contributed by atoms with Crippen LogP contribution in [0.25, 0.3) is 0 Å². The van der Waals surface area contributed by atoms with Crippen molar-refractivity contribution in [1.82, 2.24) is 10.6 Å². The number of carbonyl (C=O) groups is 2. The van der Waals surface area contributed by atoms with E-state index >= 15 is 0 Å². The van der Waals surface area contributed by atoms with E-state index in [4.69, 9.17) is 0 Å². The highest BCUT2D eigenvalue weighted by Gasteiger charge is 2.39. The maximum atomic E-state index is 11.9. The monoisotopic (exact) mass is 262 g/mol. The highest BCUT2D eigenvalue weighted by Crippen LogP contribution is 2.11. The van der Waals surface area contributed by atoms with Gasteiger partial charge in [-0.15, -0.1) is 0 Å². The molecule has 0 radical (unpaired) electrons. The Balaban J connectivity index is 1.90. The van der Waals surface area contributed by atoms with Crippen molar-refractivity contribution >= 4 is 11.8 Å². The fraction of sp³-hybridized carbons (Fsp3) is 0.429. The van der Waals surface area contributed by atoms with Crippen molar-refractivity contribution in [2.45, 2.75) is 25.5 Å². The largest absolute Gasteiger partial charge is 0.390 e.